The Morgan fingerprint density at radius 2 is 1.88 bits per heavy atom. The molecule has 0 bridgehead atoms. The number of carbonyl (C=O) groups excluding carboxylic acids is 1. The Kier molecular flexibility index (Phi) is 4.00. The largest absolute Gasteiger partial charge is 0.394 e. The van der Waals surface area contributed by atoms with Gasteiger partial charge in [-0.2, -0.15) is 0 Å². The molecule has 1 rings (SSSR count). The van der Waals surface area contributed by atoms with Gasteiger partial charge in [-0.25, -0.2) is 0 Å². The highest BCUT2D eigenvalue weighted by Gasteiger charge is 2.52. The van der Waals surface area contributed by atoms with E-state index in [2.05, 4.69) is 0 Å². The van der Waals surface area contributed by atoms with Crippen molar-refractivity contribution in [3.05, 3.63) is 0 Å². The molecule has 94 valence electrons. The number of hydrogen-bond donors (Lipinski definition) is 5. The van der Waals surface area contributed by atoms with Gasteiger partial charge in [-0.3, -0.25) is 4.79 Å². The molecule has 0 spiro atoms. The summed E-state index contributed by atoms with van der Waals surface area (Å²) in [5.41, 5.74) is 0. The van der Waals surface area contributed by atoms with Gasteiger partial charge in [0.05, 0.1) is 13.0 Å². The maximum absolute atomic E-state index is 10.9. The van der Waals surface area contributed by atoms with Crippen molar-refractivity contribution >= 4 is 5.78 Å². The number of aliphatic hydroxyl groups excluding tert-OH is 4. The van der Waals surface area contributed by atoms with Crippen LogP contribution < -0.4 is 0 Å². The van der Waals surface area contributed by atoms with Gasteiger partial charge in [-0.05, 0) is 6.92 Å². The van der Waals surface area contributed by atoms with Crippen LogP contribution in [-0.2, 0) is 9.53 Å². The second kappa shape index (κ2) is 4.74. The predicted molar refractivity (Wildman–Crippen MR) is 50.2 cm³/mol. The second-order valence-electron chi connectivity index (χ2n) is 3.99. The van der Waals surface area contributed by atoms with Crippen LogP contribution in [0.2, 0.25) is 0 Å². The lowest BCUT2D eigenvalue weighted by atomic mass is 9.90. The van der Waals surface area contributed by atoms with E-state index in [4.69, 9.17) is 9.84 Å². The van der Waals surface area contributed by atoms with Crippen molar-refractivity contribution < 1.29 is 35.1 Å². The van der Waals surface area contributed by atoms with Gasteiger partial charge < -0.3 is 30.3 Å². The summed E-state index contributed by atoms with van der Waals surface area (Å²) in [7, 11) is 0. The highest BCUT2D eigenvalue weighted by Crippen LogP contribution is 2.30. The molecule has 0 aromatic heterocycles. The zero-order chi connectivity index (χ0) is 12.5. The maximum atomic E-state index is 10.9. The molecule has 1 heterocycles. The SMILES string of the molecule is CC(=O)C[C@@]1(O)O[C@H](CO)[C@@H](O)[C@H](O)[C@H]1O. The Bertz CT molecular complexity index is 267. The van der Waals surface area contributed by atoms with E-state index >= 15 is 0 Å². The molecule has 1 aliphatic rings. The standard InChI is InChI=1S/C9H16O7/c1-4(11)2-9(15)8(14)7(13)6(12)5(3-10)16-9/h5-8,10,12-15H,2-3H2,1H3/t5-,6-,7+,8-,9-/m1/s1. The molecule has 0 aliphatic carbocycles. The summed E-state index contributed by atoms with van der Waals surface area (Å²) in [4.78, 5) is 10.9. The Balaban J connectivity index is 2.89. The van der Waals surface area contributed by atoms with Gasteiger partial charge in [0.2, 0.25) is 5.79 Å². The first-order valence-corrected chi connectivity index (χ1v) is 4.86. The van der Waals surface area contributed by atoms with Crippen LogP contribution in [0.3, 0.4) is 0 Å². The average Bonchev–Trinajstić information content (AvgIpc) is 2.20. The van der Waals surface area contributed by atoms with Crippen molar-refractivity contribution in [2.75, 3.05) is 6.61 Å². The van der Waals surface area contributed by atoms with Crippen LogP contribution in [0.15, 0.2) is 0 Å². The molecule has 16 heavy (non-hydrogen) atoms. The predicted octanol–water partition coefficient (Wildman–Crippen LogP) is -2.87. The molecular weight excluding hydrogens is 220 g/mol. The molecule has 1 saturated heterocycles. The number of Topliss-reactive ketones (excluding diaryl/α,β-unsaturated/α-hetero) is 1. The van der Waals surface area contributed by atoms with Crippen LogP contribution in [-0.4, -0.2) is 68.1 Å². The first kappa shape index (κ1) is 13.5. The topological polar surface area (TPSA) is 127 Å². The molecule has 0 aromatic carbocycles. The molecule has 1 aliphatic heterocycles. The highest BCUT2D eigenvalue weighted by atomic mass is 16.7. The number of ether oxygens (including phenoxy) is 1. The molecule has 0 aromatic rings. The van der Waals surface area contributed by atoms with Crippen LogP contribution in [0.25, 0.3) is 0 Å². The Morgan fingerprint density at radius 1 is 1.31 bits per heavy atom. The molecule has 0 saturated carbocycles. The summed E-state index contributed by atoms with van der Waals surface area (Å²) in [6.07, 6.45) is -6.80. The summed E-state index contributed by atoms with van der Waals surface area (Å²) in [6.45, 7) is 0.532. The van der Waals surface area contributed by atoms with Gasteiger partial charge in [0.15, 0.2) is 0 Å². The van der Waals surface area contributed by atoms with Gasteiger partial charge in [0.25, 0.3) is 0 Å². The Morgan fingerprint density at radius 3 is 2.31 bits per heavy atom. The number of ketones is 1. The van der Waals surface area contributed by atoms with Crippen LogP contribution in [0.1, 0.15) is 13.3 Å². The van der Waals surface area contributed by atoms with Gasteiger partial charge in [-0.15, -0.1) is 0 Å². The summed E-state index contributed by atoms with van der Waals surface area (Å²) < 4.78 is 4.85. The fraction of sp³-hybridized carbons (Fsp3) is 0.889. The van der Waals surface area contributed by atoms with E-state index in [1.54, 1.807) is 0 Å². The maximum Gasteiger partial charge on any atom is 0.202 e. The van der Waals surface area contributed by atoms with E-state index in [1.165, 1.54) is 6.92 Å². The minimum Gasteiger partial charge on any atom is -0.394 e. The summed E-state index contributed by atoms with van der Waals surface area (Å²) >= 11 is 0. The third-order valence-electron chi connectivity index (χ3n) is 2.55. The Hall–Kier alpha value is -0.570. The van der Waals surface area contributed by atoms with E-state index < -0.39 is 49.0 Å². The number of hydrogen-bond acceptors (Lipinski definition) is 7. The fourth-order valence-electron chi connectivity index (χ4n) is 1.72. The minimum atomic E-state index is -2.28. The first-order valence-electron chi connectivity index (χ1n) is 4.86. The van der Waals surface area contributed by atoms with Crippen molar-refractivity contribution in [1.29, 1.82) is 0 Å². The van der Waals surface area contributed by atoms with Gasteiger partial charge >= 0.3 is 0 Å². The van der Waals surface area contributed by atoms with E-state index in [9.17, 15) is 25.2 Å². The lowest BCUT2D eigenvalue weighted by Crippen LogP contribution is -2.65. The molecule has 0 unspecified atom stereocenters. The zero-order valence-electron chi connectivity index (χ0n) is 8.78. The van der Waals surface area contributed by atoms with E-state index in [0.717, 1.165) is 0 Å². The fourth-order valence-corrected chi connectivity index (χ4v) is 1.72. The van der Waals surface area contributed by atoms with Crippen LogP contribution in [0.4, 0.5) is 0 Å². The first-order chi connectivity index (χ1) is 7.31. The summed E-state index contributed by atoms with van der Waals surface area (Å²) in [6, 6.07) is 0. The van der Waals surface area contributed by atoms with Crippen molar-refractivity contribution in [3.63, 3.8) is 0 Å². The molecule has 1 fully saturated rings. The van der Waals surface area contributed by atoms with E-state index in [0.29, 0.717) is 0 Å². The molecule has 5 atom stereocenters. The van der Waals surface area contributed by atoms with Crippen molar-refractivity contribution in [2.45, 2.75) is 43.5 Å². The summed E-state index contributed by atoms with van der Waals surface area (Å²) in [5, 5.41) is 47.0. The van der Waals surface area contributed by atoms with Crippen molar-refractivity contribution in [2.24, 2.45) is 0 Å². The smallest absolute Gasteiger partial charge is 0.202 e. The lowest BCUT2D eigenvalue weighted by Gasteiger charge is -2.45. The number of rotatable bonds is 3. The zero-order valence-corrected chi connectivity index (χ0v) is 8.78. The quantitative estimate of drug-likeness (QED) is 0.356. The molecule has 7 heteroatoms. The molecule has 5 N–H and O–H groups in total. The van der Waals surface area contributed by atoms with Crippen LogP contribution in [0.5, 0.6) is 0 Å². The lowest BCUT2D eigenvalue weighted by molar-refractivity contribution is -0.347. The van der Waals surface area contributed by atoms with E-state index in [1.807, 2.05) is 0 Å². The van der Waals surface area contributed by atoms with Crippen LogP contribution >= 0.6 is 0 Å². The second-order valence-corrected chi connectivity index (χ2v) is 3.99. The molecule has 0 radical (unpaired) electrons. The number of carbonyl (C=O) groups is 1. The van der Waals surface area contributed by atoms with Gasteiger partial charge in [0.1, 0.15) is 30.2 Å². The van der Waals surface area contributed by atoms with Crippen LogP contribution in [0, 0.1) is 0 Å². The minimum absolute atomic E-state index is 0.457. The third-order valence-corrected chi connectivity index (χ3v) is 2.55. The Labute approximate surface area is 91.9 Å². The van der Waals surface area contributed by atoms with Crippen molar-refractivity contribution in [3.8, 4) is 0 Å². The molecular formula is C9H16O7. The van der Waals surface area contributed by atoms with Crippen molar-refractivity contribution in [1.82, 2.24) is 0 Å². The molecule has 7 nitrogen and oxygen atoms in total. The monoisotopic (exact) mass is 236 g/mol. The van der Waals surface area contributed by atoms with Gasteiger partial charge in [-0.1, -0.05) is 0 Å². The normalized spacial score (nSPS) is 44.4. The highest BCUT2D eigenvalue weighted by molar-refractivity contribution is 5.76. The van der Waals surface area contributed by atoms with Gasteiger partial charge in [0, 0.05) is 0 Å². The average molecular weight is 236 g/mol. The molecule has 0 amide bonds. The third kappa shape index (κ3) is 2.40. The number of aliphatic hydroxyl groups is 5. The summed E-state index contributed by atoms with van der Waals surface area (Å²) in [5.74, 6) is -2.74. The van der Waals surface area contributed by atoms with E-state index in [-0.39, 0.29) is 0 Å².